The van der Waals surface area contributed by atoms with Gasteiger partial charge in [0.15, 0.2) is 12.4 Å². The van der Waals surface area contributed by atoms with Gasteiger partial charge < -0.3 is 14.2 Å². The monoisotopic (exact) mass is 358 g/mol. The number of halogens is 1. The number of rotatable bonds is 6. The third-order valence-corrected chi connectivity index (χ3v) is 4.13. The highest BCUT2D eigenvalue weighted by Crippen LogP contribution is 2.39. The van der Waals surface area contributed by atoms with Crippen molar-refractivity contribution in [3.05, 3.63) is 53.3 Å². The van der Waals surface area contributed by atoms with Crippen molar-refractivity contribution < 1.29 is 28.2 Å². The van der Waals surface area contributed by atoms with Crippen molar-refractivity contribution in [3.8, 4) is 17.2 Å². The van der Waals surface area contributed by atoms with Gasteiger partial charge in [0.1, 0.15) is 23.1 Å². The summed E-state index contributed by atoms with van der Waals surface area (Å²) in [6, 6.07) is 9.34. The molecule has 0 aromatic heterocycles. The number of esters is 1. The molecule has 0 amide bonds. The minimum atomic E-state index is -0.667. The average molecular weight is 358 g/mol. The van der Waals surface area contributed by atoms with E-state index in [9.17, 15) is 14.0 Å². The zero-order valence-electron chi connectivity index (χ0n) is 14.6. The predicted molar refractivity (Wildman–Crippen MR) is 92.5 cm³/mol. The molecule has 0 bridgehead atoms. The third kappa shape index (κ3) is 3.69. The number of Topliss-reactive ketones (excluding diaryl/α,β-unsaturated/α-hetero) is 1. The topological polar surface area (TPSA) is 61.8 Å². The predicted octanol–water partition coefficient (Wildman–Crippen LogP) is 3.90. The summed E-state index contributed by atoms with van der Waals surface area (Å²) >= 11 is 0. The molecule has 1 aliphatic rings. The van der Waals surface area contributed by atoms with Gasteiger partial charge in [0.25, 0.3) is 0 Å². The Morgan fingerprint density at radius 2 is 1.77 bits per heavy atom. The van der Waals surface area contributed by atoms with Crippen LogP contribution in [-0.2, 0) is 4.79 Å². The molecular weight excluding hydrogens is 339 g/mol. The van der Waals surface area contributed by atoms with Gasteiger partial charge in [-0.2, -0.15) is 0 Å². The Labute approximate surface area is 150 Å². The molecule has 2 aromatic rings. The van der Waals surface area contributed by atoms with Crippen molar-refractivity contribution >= 4 is 11.8 Å². The minimum absolute atomic E-state index is 0.0797. The fourth-order valence-corrected chi connectivity index (χ4v) is 3.00. The second kappa shape index (κ2) is 7.56. The Morgan fingerprint density at radius 3 is 2.42 bits per heavy atom. The van der Waals surface area contributed by atoms with Crippen LogP contribution in [0.4, 0.5) is 4.39 Å². The Balaban J connectivity index is 1.65. The van der Waals surface area contributed by atoms with Crippen LogP contribution in [0.2, 0.25) is 0 Å². The second-order valence-electron chi connectivity index (χ2n) is 6.03. The number of hydrogen-bond acceptors (Lipinski definition) is 5. The van der Waals surface area contributed by atoms with Crippen LogP contribution < -0.4 is 14.2 Å². The lowest BCUT2D eigenvalue weighted by Gasteiger charge is -2.11. The Morgan fingerprint density at radius 1 is 1.12 bits per heavy atom. The number of ketones is 1. The first-order chi connectivity index (χ1) is 12.5. The molecule has 0 aliphatic heterocycles. The van der Waals surface area contributed by atoms with Gasteiger partial charge in [-0.25, -0.2) is 9.18 Å². The number of carbonyl (C=O) groups excluding carboxylic acids is 2. The summed E-state index contributed by atoms with van der Waals surface area (Å²) in [5, 5.41) is 0. The molecule has 26 heavy (non-hydrogen) atoms. The highest BCUT2D eigenvalue weighted by atomic mass is 19.1. The Bertz CT molecular complexity index is 829. The molecule has 1 unspecified atom stereocenters. The molecule has 0 fully saturated rings. The molecule has 1 aliphatic carbocycles. The number of ether oxygens (including phenoxy) is 3. The van der Waals surface area contributed by atoms with Crippen molar-refractivity contribution in [1.29, 1.82) is 0 Å². The molecular formula is C20H19FO5. The summed E-state index contributed by atoms with van der Waals surface area (Å²) in [6.45, 7) is 3.89. The van der Waals surface area contributed by atoms with Gasteiger partial charge >= 0.3 is 5.97 Å². The summed E-state index contributed by atoms with van der Waals surface area (Å²) < 4.78 is 29.9. The van der Waals surface area contributed by atoms with E-state index in [0.717, 1.165) is 0 Å². The van der Waals surface area contributed by atoms with Crippen LogP contribution in [0.3, 0.4) is 0 Å². The largest absolute Gasteiger partial charge is 0.494 e. The lowest BCUT2D eigenvalue weighted by molar-refractivity contribution is -0.136. The third-order valence-electron chi connectivity index (χ3n) is 4.13. The van der Waals surface area contributed by atoms with Gasteiger partial charge in [0.2, 0.25) is 0 Å². The van der Waals surface area contributed by atoms with Crippen LogP contribution in [0.1, 0.15) is 42.1 Å². The van der Waals surface area contributed by atoms with Crippen LogP contribution in [0, 0.1) is 5.82 Å². The molecule has 0 heterocycles. The van der Waals surface area contributed by atoms with E-state index in [-0.39, 0.29) is 36.0 Å². The molecule has 2 aromatic carbocycles. The second-order valence-corrected chi connectivity index (χ2v) is 6.03. The SMILES string of the molecule is CCOc1ccc(OCC(=O)Oc2ccc(F)c3c2C(=O)CC3C)cc1. The van der Waals surface area contributed by atoms with E-state index >= 15 is 0 Å². The smallest absolute Gasteiger partial charge is 0.349 e. The van der Waals surface area contributed by atoms with E-state index < -0.39 is 11.8 Å². The summed E-state index contributed by atoms with van der Waals surface area (Å²) in [7, 11) is 0. The first-order valence-corrected chi connectivity index (χ1v) is 8.41. The Hall–Kier alpha value is -2.89. The van der Waals surface area contributed by atoms with Crippen molar-refractivity contribution in [1.82, 2.24) is 0 Å². The van der Waals surface area contributed by atoms with E-state index in [0.29, 0.717) is 23.7 Å². The van der Waals surface area contributed by atoms with Crippen LogP contribution >= 0.6 is 0 Å². The molecule has 136 valence electrons. The number of benzene rings is 2. The molecule has 0 N–H and O–H groups in total. The van der Waals surface area contributed by atoms with Crippen LogP contribution in [-0.4, -0.2) is 25.0 Å². The first-order valence-electron chi connectivity index (χ1n) is 8.41. The van der Waals surface area contributed by atoms with Gasteiger partial charge in [-0.1, -0.05) is 6.92 Å². The van der Waals surface area contributed by atoms with Gasteiger partial charge in [-0.05, 0) is 49.2 Å². The highest BCUT2D eigenvalue weighted by Gasteiger charge is 2.33. The maximum absolute atomic E-state index is 14.0. The zero-order valence-corrected chi connectivity index (χ0v) is 14.6. The quantitative estimate of drug-likeness (QED) is 0.579. The van der Waals surface area contributed by atoms with Crippen molar-refractivity contribution in [3.63, 3.8) is 0 Å². The molecule has 0 radical (unpaired) electrons. The molecule has 3 rings (SSSR count). The van der Waals surface area contributed by atoms with E-state index in [1.165, 1.54) is 12.1 Å². The van der Waals surface area contributed by atoms with Gasteiger partial charge in [-0.3, -0.25) is 4.79 Å². The van der Waals surface area contributed by atoms with Gasteiger partial charge in [-0.15, -0.1) is 0 Å². The summed E-state index contributed by atoms with van der Waals surface area (Å²) in [5.74, 6) is -0.297. The lowest BCUT2D eigenvalue weighted by Crippen LogP contribution is -2.19. The van der Waals surface area contributed by atoms with E-state index in [1.54, 1.807) is 31.2 Å². The van der Waals surface area contributed by atoms with Crippen molar-refractivity contribution in [2.24, 2.45) is 0 Å². The van der Waals surface area contributed by atoms with Crippen molar-refractivity contribution in [2.75, 3.05) is 13.2 Å². The highest BCUT2D eigenvalue weighted by molar-refractivity contribution is 6.04. The molecule has 0 spiro atoms. The van der Waals surface area contributed by atoms with Gasteiger partial charge in [0, 0.05) is 12.0 Å². The van der Waals surface area contributed by atoms with Crippen LogP contribution in [0.15, 0.2) is 36.4 Å². The molecule has 5 nitrogen and oxygen atoms in total. The van der Waals surface area contributed by atoms with E-state index in [2.05, 4.69) is 0 Å². The standard InChI is InChI=1S/C20H19FO5/c1-3-24-13-4-6-14(7-5-13)25-11-18(23)26-17-9-8-15(21)19-12(2)10-16(22)20(17)19/h4-9,12H,3,10-11H2,1-2H3. The fraction of sp³-hybridized carbons (Fsp3) is 0.300. The van der Waals surface area contributed by atoms with E-state index in [4.69, 9.17) is 14.2 Å². The number of fused-ring (bicyclic) bond motifs is 1. The fourth-order valence-electron chi connectivity index (χ4n) is 3.00. The zero-order chi connectivity index (χ0) is 18.7. The normalized spacial score (nSPS) is 15.5. The number of hydrogen-bond donors (Lipinski definition) is 0. The minimum Gasteiger partial charge on any atom is -0.494 e. The molecule has 0 saturated carbocycles. The Kier molecular flexibility index (Phi) is 5.21. The van der Waals surface area contributed by atoms with E-state index in [1.807, 2.05) is 6.92 Å². The van der Waals surface area contributed by atoms with Crippen LogP contribution in [0.5, 0.6) is 17.2 Å². The average Bonchev–Trinajstić information content (AvgIpc) is 2.92. The summed E-state index contributed by atoms with van der Waals surface area (Å²) in [4.78, 5) is 24.1. The molecule has 0 saturated heterocycles. The maximum atomic E-state index is 14.0. The molecule has 1 atom stereocenters. The van der Waals surface area contributed by atoms with Crippen LogP contribution in [0.25, 0.3) is 0 Å². The lowest BCUT2D eigenvalue weighted by atomic mass is 10.0. The van der Waals surface area contributed by atoms with Gasteiger partial charge in [0.05, 0.1) is 12.2 Å². The summed E-state index contributed by atoms with van der Waals surface area (Å²) in [6.07, 6.45) is 0.212. The summed E-state index contributed by atoms with van der Waals surface area (Å²) in [5.41, 5.74) is 0.472. The maximum Gasteiger partial charge on any atom is 0.349 e. The first kappa shape index (κ1) is 17.9. The molecule has 6 heteroatoms. The van der Waals surface area contributed by atoms with Crippen molar-refractivity contribution in [2.45, 2.75) is 26.2 Å². The number of carbonyl (C=O) groups is 2.